The normalized spacial score (nSPS) is 24.4. The van der Waals surface area contributed by atoms with E-state index in [4.69, 9.17) is 16.4 Å². The standard InChI is InChI=1S/C20H26N8S/c1-12(22)7-17(23)26-19-18-16(3-6-29-18)25-20(27-19)24-15-8-13-10-28(5-2-4-21)11-14(13)9-15/h3,6-7,13-15H,2,5,8-11,22H2,1H3,(H3,23,24,25,26,27)/b12-7-/t13-,14+,15-. The van der Waals surface area contributed by atoms with Crippen LogP contribution in [0.5, 0.6) is 0 Å². The molecule has 0 bridgehead atoms. The molecule has 152 valence electrons. The highest BCUT2D eigenvalue weighted by atomic mass is 32.1. The highest BCUT2D eigenvalue weighted by molar-refractivity contribution is 7.17. The van der Waals surface area contributed by atoms with Crippen LogP contribution < -0.4 is 16.4 Å². The summed E-state index contributed by atoms with van der Waals surface area (Å²) in [6.45, 7) is 4.81. The zero-order valence-corrected chi connectivity index (χ0v) is 17.3. The number of nitrogens with two attached hydrogens (primary N) is 1. The topological polar surface area (TPSA) is 127 Å². The van der Waals surface area contributed by atoms with Gasteiger partial charge in [-0.25, -0.2) is 4.98 Å². The molecule has 0 amide bonds. The number of nitrogens with zero attached hydrogens (tertiary/aromatic N) is 4. The monoisotopic (exact) mass is 410 g/mol. The van der Waals surface area contributed by atoms with E-state index in [0.717, 1.165) is 42.7 Å². The average Bonchev–Trinajstić information content (AvgIpc) is 3.33. The van der Waals surface area contributed by atoms with Crippen molar-refractivity contribution in [2.75, 3.05) is 30.3 Å². The van der Waals surface area contributed by atoms with Gasteiger partial charge in [0, 0.05) is 37.8 Å². The van der Waals surface area contributed by atoms with Crippen molar-refractivity contribution >= 4 is 39.2 Å². The first-order valence-electron chi connectivity index (χ1n) is 9.92. The van der Waals surface area contributed by atoms with Crippen LogP contribution in [-0.2, 0) is 0 Å². The molecule has 5 N–H and O–H groups in total. The van der Waals surface area contributed by atoms with Gasteiger partial charge in [0.1, 0.15) is 5.84 Å². The Balaban J connectivity index is 1.44. The number of likely N-dealkylation sites (tertiary alicyclic amines) is 1. The zero-order chi connectivity index (χ0) is 20.4. The Morgan fingerprint density at radius 2 is 2.17 bits per heavy atom. The molecule has 29 heavy (non-hydrogen) atoms. The van der Waals surface area contributed by atoms with Gasteiger partial charge in [-0.15, -0.1) is 11.3 Å². The van der Waals surface area contributed by atoms with Crippen LogP contribution in [0.3, 0.4) is 0 Å². The molecule has 0 radical (unpaired) electrons. The van der Waals surface area contributed by atoms with Crippen LogP contribution in [0.1, 0.15) is 26.2 Å². The molecular formula is C20H26N8S. The number of fused-ring (bicyclic) bond motifs is 2. The Bertz CT molecular complexity index is 957. The number of aromatic nitrogens is 2. The van der Waals surface area contributed by atoms with E-state index in [9.17, 15) is 0 Å². The smallest absolute Gasteiger partial charge is 0.225 e. The summed E-state index contributed by atoms with van der Waals surface area (Å²) >= 11 is 1.55. The highest BCUT2D eigenvalue weighted by Crippen LogP contribution is 2.39. The van der Waals surface area contributed by atoms with E-state index in [1.165, 1.54) is 0 Å². The molecule has 0 unspecified atom stereocenters. The van der Waals surface area contributed by atoms with Gasteiger partial charge >= 0.3 is 0 Å². The first-order valence-corrected chi connectivity index (χ1v) is 10.8. The van der Waals surface area contributed by atoms with Crippen molar-refractivity contribution in [1.29, 1.82) is 10.7 Å². The summed E-state index contributed by atoms with van der Waals surface area (Å²) in [5, 5.41) is 25.4. The van der Waals surface area contributed by atoms with Crippen molar-refractivity contribution in [3.05, 3.63) is 23.2 Å². The van der Waals surface area contributed by atoms with E-state index in [1.807, 2.05) is 11.4 Å². The summed E-state index contributed by atoms with van der Waals surface area (Å²) in [6, 6.07) is 4.58. The molecule has 2 fully saturated rings. The second-order valence-electron chi connectivity index (χ2n) is 7.96. The lowest BCUT2D eigenvalue weighted by Crippen LogP contribution is -2.26. The number of anilines is 2. The molecule has 8 nitrogen and oxygen atoms in total. The minimum atomic E-state index is 0.206. The third-order valence-electron chi connectivity index (χ3n) is 5.63. The van der Waals surface area contributed by atoms with Gasteiger partial charge in [0.15, 0.2) is 5.82 Å². The Morgan fingerprint density at radius 3 is 2.86 bits per heavy atom. The van der Waals surface area contributed by atoms with Crippen molar-refractivity contribution in [3.63, 3.8) is 0 Å². The van der Waals surface area contributed by atoms with Crippen LogP contribution >= 0.6 is 11.3 Å². The predicted octanol–water partition coefficient (Wildman–Crippen LogP) is 2.98. The van der Waals surface area contributed by atoms with Gasteiger partial charge in [0.05, 0.1) is 16.3 Å². The summed E-state index contributed by atoms with van der Waals surface area (Å²) in [7, 11) is 0. The maximum Gasteiger partial charge on any atom is 0.225 e. The molecule has 3 atom stereocenters. The van der Waals surface area contributed by atoms with Gasteiger partial charge < -0.3 is 21.3 Å². The second kappa shape index (κ2) is 8.35. The summed E-state index contributed by atoms with van der Waals surface area (Å²) in [5.74, 6) is 2.80. The summed E-state index contributed by atoms with van der Waals surface area (Å²) in [5.41, 5.74) is 7.12. The molecule has 3 heterocycles. The fraction of sp³-hybridized carbons (Fsp3) is 0.500. The first-order chi connectivity index (χ1) is 14.0. The van der Waals surface area contributed by atoms with E-state index in [1.54, 1.807) is 24.3 Å². The van der Waals surface area contributed by atoms with Crippen LogP contribution in [0.4, 0.5) is 11.8 Å². The summed E-state index contributed by atoms with van der Waals surface area (Å²) in [4.78, 5) is 11.7. The van der Waals surface area contributed by atoms with Crippen molar-refractivity contribution in [2.45, 2.75) is 32.2 Å². The molecule has 2 aromatic rings. The quantitative estimate of drug-likeness (QED) is 0.426. The molecule has 1 saturated heterocycles. The Hall–Kier alpha value is -2.70. The van der Waals surface area contributed by atoms with Crippen LogP contribution in [0.15, 0.2) is 23.2 Å². The van der Waals surface area contributed by atoms with E-state index in [0.29, 0.717) is 41.8 Å². The summed E-state index contributed by atoms with van der Waals surface area (Å²) < 4.78 is 0.930. The van der Waals surface area contributed by atoms with Crippen LogP contribution in [0.2, 0.25) is 0 Å². The molecule has 1 saturated carbocycles. The number of nitrogens with one attached hydrogen (secondary N) is 3. The first kappa shape index (κ1) is 19.6. The van der Waals surface area contributed by atoms with E-state index < -0.39 is 0 Å². The maximum absolute atomic E-state index is 8.79. The minimum Gasteiger partial charge on any atom is -0.402 e. The fourth-order valence-electron chi connectivity index (χ4n) is 4.49. The van der Waals surface area contributed by atoms with Gasteiger partial charge in [-0.05, 0) is 49.1 Å². The predicted molar refractivity (Wildman–Crippen MR) is 117 cm³/mol. The van der Waals surface area contributed by atoms with E-state index in [-0.39, 0.29) is 5.84 Å². The molecule has 0 spiro atoms. The molecule has 1 aliphatic heterocycles. The van der Waals surface area contributed by atoms with Gasteiger partial charge in [0.25, 0.3) is 0 Å². The SMILES string of the molecule is C/C(N)=C/C(=N)Nc1nc(N[C@@H]2C[C@@H]3CN(CCC#N)C[C@@H]3C2)nc2ccsc12. The molecule has 9 heteroatoms. The van der Waals surface area contributed by atoms with Crippen LogP contribution in [0, 0.1) is 28.6 Å². The number of allylic oxidation sites excluding steroid dienone is 1. The fourth-order valence-corrected chi connectivity index (χ4v) is 5.27. The lowest BCUT2D eigenvalue weighted by Gasteiger charge is -2.19. The number of nitriles is 1. The minimum absolute atomic E-state index is 0.206. The lowest BCUT2D eigenvalue weighted by molar-refractivity contribution is 0.315. The molecule has 2 aliphatic rings. The van der Waals surface area contributed by atoms with Crippen molar-refractivity contribution < 1.29 is 0 Å². The number of amidine groups is 1. The van der Waals surface area contributed by atoms with Crippen LogP contribution in [-0.4, -0.2) is 46.4 Å². The number of hydrogen-bond acceptors (Lipinski definition) is 8. The zero-order valence-electron chi connectivity index (χ0n) is 16.5. The van der Waals surface area contributed by atoms with Crippen molar-refractivity contribution in [2.24, 2.45) is 17.6 Å². The molecule has 0 aromatic carbocycles. The Morgan fingerprint density at radius 1 is 1.41 bits per heavy atom. The third-order valence-corrected chi connectivity index (χ3v) is 6.54. The molecule has 4 rings (SSSR count). The average molecular weight is 411 g/mol. The highest BCUT2D eigenvalue weighted by Gasteiger charge is 2.40. The number of thiophene rings is 1. The van der Waals surface area contributed by atoms with Gasteiger partial charge in [-0.1, -0.05) is 0 Å². The molecule has 2 aromatic heterocycles. The Kier molecular flexibility index (Phi) is 5.65. The van der Waals surface area contributed by atoms with E-state index >= 15 is 0 Å². The number of hydrogen-bond donors (Lipinski definition) is 4. The Labute approximate surface area is 174 Å². The number of rotatable bonds is 6. The second-order valence-corrected chi connectivity index (χ2v) is 8.87. The van der Waals surface area contributed by atoms with Crippen molar-refractivity contribution in [3.8, 4) is 6.07 Å². The molecule has 1 aliphatic carbocycles. The molecular weight excluding hydrogens is 384 g/mol. The van der Waals surface area contributed by atoms with E-state index in [2.05, 4.69) is 31.6 Å². The maximum atomic E-state index is 8.79. The van der Waals surface area contributed by atoms with Gasteiger partial charge in [-0.2, -0.15) is 10.2 Å². The largest absolute Gasteiger partial charge is 0.402 e. The van der Waals surface area contributed by atoms with Gasteiger partial charge in [-0.3, -0.25) is 5.41 Å². The third kappa shape index (κ3) is 4.49. The van der Waals surface area contributed by atoms with Gasteiger partial charge in [0.2, 0.25) is 5.95 Å². The van der Waals surface area contributed by atoms with Crippen molar-refractivity contribution in [1.82, 2.24) is 14.9 Å². The summed E-state index contributed by atoms with van der Waals surface area (Å²) in [6.07, 6.45) is 4.39. The lowest BCUT2D eigenvalue weighted by atomic mass is 10.0. The van der Waals surface area contributed by atoms with Crippen LogP contribution in [0.25, 0.3) is 10.2 Å².